The summed E-state index contributed by atoms with van der Waals surface area (Å²) in [4.78, 5) is 33.5. The first-order valence-corrected chi connectivity index (χ1v) is 11.3. The minimum absolute atomic E-state index is 0.189. The summed E-state index contributed by atoms with van der Waals surface area (Å²) in [6, 6.07) is 17.6. The number of allylic oxidation sites excluding steroid dienone is 1. The molecule has 5 rings (SSSR count). The van der Waals surface area contributed by atoms with Crippen LogP contribution in [0.25, 0.3) is 17.2 Å². The summed E-state index contributed by atoms with van der Waals surface area (Å²) in [7, 11) is 3.31. The lowest BCUT2D eigenvalue weighted by Gasteiger charge is -2.33. The molecule has 8 nitrogen and oxygen atoms in total. The molecule has 2 aromatic heterocycles. The van der Waals surface area contributed by atoms with Crippen molar-refractivity contribution in [3.8, 4) is 5.75 Å². The Morgan fingerprint density at radius 3 is 2.50 bits per heavy atom. The van der Waals surface area contributed by atoms with Gasteiger partial charge in [-0.1, -0.05) is 49.4 Å². The van der Waals surface area contributed by atoms with Gasteiger partial charge in [0.1, 0.15) is 5.75 Å². The SMILES string of the molecule is COc1ccc(N2CC(C)Cn3c2nc2c3c(=O)n(CC=Cc3ccccc3)c(=O)n2C)cc1. The van der Waals surface area contributed by atoms with Gasteiger partial charge in [-0.3, -0.25) is 13.9 Å². The minimum atomic E-state index is -0.380. The molecule has 4 aromatic rings. The molecule has 174 valence electrons. The van der Waals surface area contributed by atoms with E-state index in [0.29, 0.717) is 23.7 Å². The molecule has 8 heteroatoms. The molecule has 0 bridgehead atoms. The number of hydrogen-bond acceptors (Lipinski definition) is 5. The molecule has 0 fully saturated rings. The molecule has 0 N–H and O–H groups in total. The molecular formula is C26H27N5O3. The first kappa shape index (κ1) is 21.8. The van der Waals surface area contributed by atoms with E-state index in [9.17, 15) is 9.59 Å². The highest BCUT2D eigenvalue weighted by atomic mass is 16.5. The van der Waals surface area contributed by atoms with Crippen molar-refractivity contribution in [2.45, 2.75) is 20.0 Å². The smallest absolute Gasteiger partial charge is 0.332 e. The van der Waals surface area contributed by atoms with E-state index in [1.807, 2.05) is 71.3 Å². The zero-order valence-corrected chi connectivity index (χ0v) is 19.5. The lowest BCUT2D eigenvalue weighted by atomic mass is 10.1. The lowest BCUT2D eigenvalue weighted by Crippen LogP contribution is -2.40. The molecular weight excluding hydrogens is 430 g/mol. The molecule has 2 aromatic carbocycles. The number of aromatic nitrogens is 4. The number of benzene rings is 2. The Balaban J connectivity index is 1.61. The highest BCUT2D eigenvalue weighted by Crippen LogP contribution is 2.33. The second-order valence-electron chi connectivity index (χ2n) is 8.68. The normalized spacial score (nSPS) is 15.7. The molecule has 1 aliphatic heterocycles. The van der Waals surface area contributed by atoms with Crippen LogP contribution in [0.2, 0.25) is 0 Å². The molecule has 0 spiro atoms. The quantitative estimate of drug-likeness (QED) is 0.459. The van der Waals surface area contributed by atoms with Gasteiger partial charge in [0.2, 0.25) is 5.95 Å². The van der Waals surface area contributed by atoms with Crippen LogP contribution in [-0.2, 0) is 20.1 Å². The number of imidazole rings is 1. The van der Waals surface area contributed by atoms with E-state index in [0.717, 1.165) is 23.5 Å². The number of rotatable bonds is 5. The fourth-order valence-electron chi connectivity index (χ4n) is 4.50. The molecule has 0 saturated heterocycles. The van der Waals surface area contributed by atoms with Crippen LogP contribution >= 0.6 is 0 Å². The Bertz CT molecular complexity index is 1480. The average Bonchev–Trinajstić information content (AvgIpc) is 3.24. The largest absolute Gasteiger partial charge is 0.497 e. The fourth-order valence-corrected chi connectivity index (χ4v) is 4.50. The standard InChI is InChI=1S/C26H27N5O3/c1-18-16-30(20-11-13-21(34-3)14-12-20)25-27-23-22(31(25)17-18)24(32)29(26(33)28(23)2)15-7-10-19-8-5-4-6-9-19/h4-14,18H,15-17H2,1-3H3. The highest BCUT2D eigenvalue weighted by Gasteiger charge is 2.29. The monoisotopic (exact) mass is 457 g/mol. The van der Waals surface area contributed by atoms with Crippen LogP contribution in [0.1, 0.15) is 12.5 Å². The van der Waals surface area contributed by atoms with Crippen LogP contribution in [0.15, 0.2) is 70.3 Å². The predicted octanol–water partition coefficient (Wildman–Crippen LogP) is 3.41. The first-order valence-electron chi connectivity index (χ1n) is 11.3. The summed E-state index contributed by atoms with van der Waals surface area (Å²) >= 11 is 0. The lowest BCUT2D eigenvalue weighted by molar-refractivity contribution is 0.414. The van der Waals surface area contributed by atoms with Crippen molar-refractivity contribution >= 4 is 28.9 Å². The molecule has 0 saturated carbocycles. The fraction of sp³-hybridized carbons (Fsp3) is 0.269. The van der Waals surface area contributed by atoms with Gasteiger partial charge < -0.3 is 14.2 Å². The maximum Gasteiger partial charge on any atom is 0.332 e. The second-order valence-corrected chi connectivity index (χ2v) is 8.68. The zero-order chi connectivity index (χ0) is 23.8. The van der Waals surface area contributed by atoms with Crippen molar-refractivity contribution in [3.63, 3.8) is 0 Å². The van der Waals surface area contributed by atoms with Gasteiger partial charge in [-0.2, -0.15) is 4.98 Å². The molecule has 1 atom stereocenters. The third kappa shape index (κ3) is 3.71. The van der Waals surface area contributed by atoms with Crippen molar-refractivity contribution in [3.05, 3.63) is 87.1 Å². The Morgan fingerprint density at radius 1 is 1.06 bits per heavy atom. The second kappa shape index (κ2) is 8.70. The van der Waals surface area contributed by atoms with Crippen LogP contribution in [0.4, 0.5) is 11.6 Å². The third-order valence-electron chi connectivity index (χ3n) is 6.22. The number of ether oxygens (including phenoxy) is 1. The molecule has 1 unspecified atom stereocenters. The molecule has 3 heterocycles. The maximum atomic E-state index is 13.5. The summed E-state index contributed by atoms with van der Waals surface area (Å²) < 4.78 is 9.98. The van der Waals surface area contributed by atoms with Gasteiger partial charge in [0.15, 0.2) is 11.2 Å². The maximum absolute atomic E-state index is 13.5. The number of fused-ring (bicyclic) bond motifs is 3. The van der Waals surface area contributed by atoms with Crippen LogP contribution in [-0.4, -0.2) is 32.3 Å². The Kier molecular flexibility index (Phi) is 5.57. The Hall–Kier alpha value is -4.07. The molecule has 0 aliphatic carbocycles. The zero-order valence-electron chi connectivity index (χ0n) is 19.5. The van der Waals surface area contributed by atoms with E-state index in [1.165, 1.54) is 9.13 Å². The molecule has 0 radical (unpaired) electrons. The number of aryl methyl sites for hydroxylation is 1. The number of hydrogen-bond donors (Lipinski definition) is 0. The van der Waals surface area contributed by atoms with Crippen molar-refractivity contribution in [1.82, 2.24) is 18.7 Å². The van der Waals surface area contributed by atoms with Crippen molar-refractivity contribution in [2.75, 3.05) is 18.6 Å². The highest BCUT2D eigenvalue weighted by molar-refractivity contribution is 5.77. The van der Waals surface area contributed by atoms with Gasteiger partial charge in [-0.15, -0.1) is 0 Å². The van der Waals surface area contributed by atoms with Gasteiger partial charge in [-0.25, -0.2) is 4.79 Å². The number of nitrogens with zero attached hydrogens (tertiary/aromatic N) is 5. The number of anilines is 2. The van der Waals surface area contributed by atoms with E-state index in [-0.39, 0.29) is 23.7 Å². The summed E-state index contributed by atoms with van der Waals surface area (Å²) in [6.45, 7) is 3.76. The predicted molar refractivity (Wildman–Crippen MR) is 134 cm³/mol. The van der Waals surface area contributed by atoms with Crippen molar-refractivity contribution < 1.29 is 4.74 Å². The average molecular weight is 458 g/mol. The van der Waals surface area contributed by atoms with Gasteiger partial charge in [0.05, 0.1) is 7.11 Å². The third-order valence-corrected chi connectivity index (χ3v) is 6.22. The van der Waals surface area contributed by atoms with Gasteiger partial charge in [0.25, 0.3) is 5.56 Å². The summed E-state index contributed by atoms with van der Waals surface area (Å²) in [5.41, 5.74) is 2.13. The van der Waals surface area contributed by atoms with E-state index >= 15 is 0 Å². The summed E-state index contributed by atoms with van der Waals surface area (Å²) in [6.07, 6.45) is 3.75. The minimum Gasteiger partial charge on any atom is -0.497 e. The summed E-state index contributed by atoms with van der Waals surface area (Å²) in [5, 5.41) is 0. The van der Waals surface area contributed by atoms with Gasteiger partial charge in [0, 0.05) is 32.4 Å². The molecule has 0 amide bonds. The van der Waals surface area contributed by atoms with E-state index in [1.54, 1.807) is 14.2 Å². The molecule has 34 heavy (non-hydrogen) atoms. The van der Waals surface area contributed by atoms with Crippen LogP contribution in [0.5, 0.6) is 5.75 Å². The van der Waals surface area contributed by atoms with Crippen LogP contribution in [0.3, 0.4) is 0 Å². The molecule has 1 aliphatic rings. The van der Waals surface area contributed by atoms with Crippen LogP contribution < -0.4 is 20.9 Å². The topological polar surface area (TPSA) is 74.3 Å². The van der Waals surface area contributed by atoms with E-state index < -0.39 is 0 Å². The first-order chi connectivity index (χ1) is 16.5. The van der Waals surface area contributed by atoms with Crippen molar-refractivity contribution in [1.29, 1.82) is 0 Å². The number of methoxy groups -OCH3 is 1. The van der Waals surface area contributed by atoms with E-state index in [2.05, 4.69) is 11.8 Å². The van der Waals surface area contributed by atoms with E-state index in [4.69, 9.17) is 9.72 Å². The summed E-state index contributed by atoms with van der Waals surface area (Å²) in [5.74, 6) is 1.73. The van der Waals surface area contributed by atoms with Gasteiger partial charge >= 0.3 is 5.69 Å². The Labute approximate surface area is 197 Å². The van der Waals surface area contributed by atoms with Gasteiger partial charge in [-0.05, 0) is 35.7 Å². The Morgan fingerprint density at radius 2 is 1.79 bits per heavy atom. The van der Waals surface area contributed by atoms with Crippen molar-refractivity contribution in [2.24, 2.45) is 13.0 Å². The van der Waals surface area contributed by atoms with Crippen LogP contribution in [0, 0.1) is 5.92 Å².